The molecule has 0 aromatic carbocycles. The van der Waals surface area contributed by atoms with Gasteiger partial charge >= 0.3 is 0 Å². The largest absolute Gasteiger partial charge is 0.374 e. The first-order chi connectivity index (χ1) is 5.56. The topological polar surface area (TPSA) is 27.6 Å². The molecule has 0 fully saturated rings. The van der Waals surface area contributed by atoms with Crippen molar-refractivity contribution in [3.8, 4) is 0 Å². The molecule has 0 aromatic rings. The molecule has 1 N–H and O–H groups in total. The van der Waals surface area contributed by atoms with E-state index in [1.807, 2.05) is 6.92 Å². The van der Waals surface area contributed by atoms with E-state index in [2.05, 4.69) is 43.2 Å². The molecule has 3 heteroatoms. The number of amidine groups is 1. The Morgan fingerprint density at radius 3 is 2.50 bits per heavy atom. The maximum atomic E-state index is 4.47. The standard InChI is InChI=1S/C9H21N3/c1-6-10-9(3)11-8(2)7-12(4)5/h8H,6-7H2,1-5H3,(H,10,11). The van der Waals surface area contributed by atoms with Gasteiger partial charge in [-0.15, -0.1) is 0 Å². The van der Waals surface area contributed by atoms with Gasteiger partial charge in [0.15, 0.2) is 0 Å². The quantitative estimate of drug-likeness (QED) is 0.504. The predicted octanol–water partition coefficient (Wildman–Crippen LogP) is 0.964. The van der Waals surface area contributed by atoms with Crippen LogP contribution in [0.15, 0.2) is 4.99 Å². The monoisotopic (exact) mass is 171 g/mol. The van der Waals surface area contributed by atoms with Crippen LogP contribution >= 0.6 is 0 Å². The lowest BCUT2D eigenvalue weighted by molar-refractivity contribution is 0.383. The lowest BCUT2D eigenvalue weighted by Gasteiger charge is -2.14. The van der Waals surface area contributed by atoms with Gasteiger partial charge in [0, 0.05) is 13.1 Å². The second kappa shape index (κ2) is 6.00. The van der Waals surface area contributed by atoms with E-state index in [0.29, 0.717) is 6.04 Å². The zero-order valence-corrected chi connectivity index (χ0v) is 8.89. The van der Waals surface area contributed by atoms with Gasteiger partial charge in [0.1, 0.15) is 0 Å². The van der Waals surface area contributed by atoms with E-state index in [1.165, 1.54) is 0 Å². The number of hydrogen-bond donors (Lipinski definition) is 1. The summed E-state index contributed by atoms with van der Waals surface area (Å²) in [5.41, 5.74) is 0. The fourth-order valence-electron chi connectivity index (χ4n) is 1.20. The molecule has 1 unspecified atom stereocenters. The molecule has 0 bridgehead atoms. The summed E-state index contributed by atoms with van der Waals surface area (Å²) < 4.78 is 0. The van der Waals surface area contributed by atoms with Crippen molar-refractivity contribution in [1.29, 1.82) is 0 Å². The average Bonchev–Trinajstić information content (AvgIpc) is 1.84. The van der Waals surface area contributed by atoms with Gasteiger partial charge in [0.2, 0.25) is 0 Å². The third-order valence-corrected chi connectivity index (χ3v) is 1.48. The molecule has 12 heavy (non-hydrogen) atoms. The molecule has 0 rings (SSSR count). The van der Waals surface area contributed by atoms with Crippen molar-refractivity contribution in [2.45, 2.75) is 26.8 Å². The van der Waals surface area contributed by atoms with Crippen LogP contribution in [0.1, 0.15) is 20.8 Å². The summed E-state index contributed by atoms with van der Waals surface area (Å²) >= 11 is 0. The first-order valence-corrected chi connectivity index (χ1v) is 4.49. The third-order valence-electron chi connectivity index (χ3n) is 1.48. The number of aliphatic imine (C=N–C) groups is 1. The van der Waals surface area contributed by atoms with Crippen molar-refractivity contribution in [1.82, 2.24) is 10.2 Å². The van der Waals surface area contributed by atoms with Gasteiger partial charge in [-0.25, -0.2) is 0 Å². The molecule has 3 nitrogen and oxygen atoms in total. The van der Waals surface area contributed by atoms with Crippen molar-refractivity contribution in [2.24, 2.45) is 4.99 Å². The van der Waals surface area contributed by atoms with Crippen LogP contribution in [0.3, 0.4) is 0 Å². The molecule has 72 valence electrons. The van der Waals surface area contributed by atoms with Crippen LogP contribution in [0.2, 0.25) is 0 Å². The van der Waals surface area contributed by atoms with E-state index in [9.17, 15) is 0 Å². The molecular formula is C9H21N3. The summed E-state index contributed by atoms with van der Waals surface area (Å²) in [4.78, 5) is 6.62. The van der Waals surface area contributed by atoms with Gasteiger partial charge in [0.25, 0.3) is 0 Å². The van der Waals surface area contributed by atoms with Crippen LogP contribution in [0.5, 0.6) is 0 Å². The fourth-order valence-corrected chi connectivity index (χ4v) is 1.20. The van der Waals surface area contributed by atoms with Crippen LogP contribution in [-0.4, -0.2) is 44.0 Å². The Kier molecular flexibility index (Phi) is 5.72. The molecule has 0 radical (unpaired) electrons. The summed E-state index contributed by atoms with van der Waals surface area (Å²) in [6.07, 6.45) is 0. The Balaban J connectivity index is 3.78. The summed E-state index contributed by atoms with van der Waals surface area (Å²) in [6.45, 7) is 8.17. The highest BCUT2D eigenvalue weighted by molar-refractivity contribution is 5.79. The Morgan fingerprint density at radius 2 is 2.08 bits per heavy atom. The molecule has 0 spiro atoms. The first kappa shape index (κ1) is 11.4. The molecule has 0 aliphatic carbocycles. The Hall–Kier alpha value is -0.570. The Bertz CT molecular complexity index is 141. The van der Waals surface area contributed by atoms with Crippen molar-refractivity contribution in [2.75, 3.05) is 27.2 Å². The number of rotatable bonds is 4. The highest BCUT2D eigenvalue weighted by Crippen LogP contribution is 1.91. The maximum Gasteiger partial charge on any atom is 0.0935 e. The number of nitrogens with one attached hydrogen (secondary N) is 1. The van der Waals surface area contributed by atoms with Crippen LogP contribution in [0.4, 0.5) is 0 Å². The molecule has 0 aliphatic rings. The van der Waals surface area contributed by atoms with Gasteiger partial charge in [-0.1, -0.05) is 0 Å². The molecule has 0 saturated carbocycles. The Morgan fingerprint density at radius 1 is 1.50 bits per heavy atom. The van der Waals surface area contributed by atoms with Crippen molar-refractivity contribution >= 4 is 5.84 Å². The predicted molar refractivity (Wildman–Crippen MR) is 54.8 cm³/mol. The van der Waals surface area contributed by atoms with Gasteiger partial charge in [0.05, 0.1) is 11.9 Å². The van der Waals surface area contributed by atoms with Crippen LogP contribution in [0, 0.1) is 0 Å². The lowest BCUT2D eigenvalue weighted by atomic mass is 10.3. The molecule has 1 atom stereocenters. The van der Waals surface area contributed by atoms with Gasteiger partial charge in [-0.2, -0.15) is 0 Å². The second-order valence-electron chi connectivity index (χ2n) is 3.36. The molecule has 0 amide bonds. The third kappa shape index (κ3) is 6.16. The molecule has 0 aliphatic heterocycles. The normalized spacial score (nSPS) is 15.0. The summed E-state index contributed by atoms with van der Waals surface area (Å²) in [7, 11) is 4.13. The second-order valence-corrected chi connectivity index (χ2v) is 3.36. The minimum atomic E-state index is 0.374. The maximum absolute atomic E-state index is 4.47. The summed E-state index contributed by atoms with van der Waals surface area (Å²) in [5.74, 6) is 1.03. The van der Waals surface area contributed by atoms with Gasteiger partial charge in [-0.3, -0.25) is 4.99 Å². The smallest absolute Gasteiger partial charge is 0.0935 e. The van der Waals surface area contributed by atoms with Crippen LogP contribution in [-0.2, 0) is 0 Å². The number of hydrogen-bond acceptors (Lipinski definition) is 2. The van der Waals surface area contributed by atoms with Gasteiger partial charge in [-0.05, 0) is 34.9 Å². The van der Waals surface area contributed by atoms with E-state index in [-0.39, 0.29) is 0 Å². The minimum absolute atomic E-state index is 0.374. The number of nitrogens with zero attached hydrogens (tertiary/aromatic N) is 2. The summed E-state index contributed by atoms with van der Waals surface area (Å²) in [6, 6.07) is 0.374. The zero-order valence-electron chi connectivity index (χ0n) is 8.89. The number of likely N-dealkylation sites (N-methyl/N-ethyl adjacent to an activating group) is 1. The van der Waals surface area contributed by atoms with E-state index in [4.69, 9.17) is 0 Å². The minimum Gasteiger partial charge on any atom is -0.374 e. The Labute approximate surface area is 75.9 Å². The SMILES string of the molecule is CCN/C(C)=N/C(C)CN(C)C. The summed E-state index contributed by atoms with van der Waals surface area (Å²) in [5, 5.41) is 3.18. The van der Waals surface area contributed by atoms with Crippen molar-refractivity contribution in [3.63, 3.8) is 0 Å². The highest BCUT2D eigenvalue weighted by atomic mass is 15.1. The molecule has 0 heterocycles. The molecule has 0 saturated heterocycles. The fraction of sp³-hybridized carbons (Fsp3) is 0.889. The highest BCUT2D eigenvalue weighted by Gasteiger charge is 2.00. The zero-order chi connectivity index (χ0) is 9.56. The van der Waals surface area contributed by atoms with Crippen molar-refractivity contribution in [3.05, 3.63) is 0 Å². The van der Waals surface area contributed by atoms with E-state index >= 15 is 0 Å². The van der Waals surface area contributed by atoms with Crippen LogP contribution in [0.25, 0.3) is 0 Å². The van der Waals surface area contributed by atoms with Crippen molar-refractivity contribution < 1.29 is 0 Å². The van der Waals surface area contributed by atoms with E-state index in [1.54, 1.807) is 0 Å². The van der Waals surface area contributed by atoms with Crippen LogP contribution < -0.4 is 5.32 Å². The average molecular weight is 171 g/mol. The first-order valence-electron chi connectivity index (χ1n) is 4.49. The lowest BCUT2D eigenvalue weighted by Crippen LogP contribution is -2.26. The van der Waals surface area contributed by atoms with E-state index < -0.39 is 0 Å². The van der Waals surface area contributed by atoms with E-state index in [0.717, 1.165) is 18.9 Å². The van der Waals surface area contributed by atoms with Gasteiger partial charge < -0.3 is 10.2 Å². The molecule has 0 aromatic heterocycles. The molecular weight excluding hydrogens is 150 g/mol.